The zero-order chi connectivity index (χ0) is 84.7. The summed E-state index contributed by atoms with van der Waals surface area (Å²) in [5.41, 5.74) is 10.6. The second kappa shape index (κ2) is 39.3. The zero-order valence-electron chi connectivity index (χ0n) is 68.6. The molecule has 0 aliphatic carbocycles. The van der Waals surface area contributed by atoms with Crippen molar-refractivity contribution in [3.8, 4) is 22.3 Å². The first kappa shape index (κ1) is 85.0. The van der Waals surface area contributed by atoms with E-state index in [4.69, 9.17) is 0 Å². The van der Waals surface area contributed by atoms with Crippen LogP contribution in [0.4, 0.5) is 45.6 Å². The van der Waals surface area contributed by atoms with Gasteiger partial charge in [0, 0.05) is 133 Å². The molecule has 2 aliphatic rings. The second-order valence-electron chi connectivity index (χ2n) is 31.3. The molecule has 14 aromatic rings. The lowest BCUT2D eigenvalue weighted by Gasteiger charge is -2.36. The Labute approximate surface area is 721 Å². The number of thioether (sulfide) groups is 2. The molecule has 26 heteroatoms. The highest BCUT2D eigenvalue weighted by Crippen LogP contribution is 2.39. The van der Waals surface area contributed by atoms with Crippen molar-refractivity contribution < 1.29 is 26.7 Å². The molecule has 2 unspecified atom stereocenters. The van der Waals surface area contributed by atoms with E-state index < -0.39 is 29.9 Å². The van der Waals surface area contributed by atoms with Crippen LogP contribution in [-0.4, -0.2) is 173 Å². The highest BCUT2D eigenvalue weighted by Gasteiger charge is 2.29. The third-order valence-electron chi connectivity index (χ3n) is 22.3. The molecular weight excluding hydrogens is 1610 g/mol. The lowest BCUT2D eigenvalue weighted by molar-refractivity contribution is -0.384. The number of anilines is 6. The molecule has 16 rings (SSSR count). The van der Waals surface area contributed by atoms with Gasteiger partial charge in [0.1, 0.15) is 17.7 Å². The number of nitrogens with zero attached hydrogens (tertiary/aromatic N) is 10. The Morgan fingerprint density at radius 3 is 1.47 bits per heavy atom. The van der Waals surface area contributed by atoms with Gasteiger partial charge in [-0.05, 0) is 205 Å². The van der Waals surface area contributed by atoms with Gasteiger partial charge >= 0.3 is 0 Å². The number of benzene rings is 13. The monoisotopic (exact) mass is 1700 g/mol. The number of nitrogens with one attached hydrogen (secondary N) is 4. The van der Waals surface area contributed by atoms with Crippen LogP contribution in [0.2, 0.25) is 0 Å². The lowest BCUT2D eigenvalue weighted by Crippen LogP contribution is -2.46. The minimum absolute atomic E-state index is 0.0952. The van der Waals surface area contributed by atoms with Gasteiger partial charge in [0.2, 0.25) is 0 Å². The van der Waals surface area contributed by atoms with E-state index >= 15 is 0 Å². The second-order valence-corrected chi connectivity index (χ2v) is 36.8. The van der Waals surface area contributed by atoms with Gasteiger partial charge < -0.3 is 30.2 Å². The SMILES string of the molecule is CN(C)CCC(CSc1ccccc1)Nc1ccc(S(=O)(=O)Nc2cccc3cc(N4CCN(Cc5ccccc5-c5ccc6ccccc6c5)CC4)ccc23)cc1[N+](=O)[O-].CN(C)CCC(CSc1ccccc1)Nc1ccc(S(=O)(=O)Nc2ncnc3cc(N4CCN(Cc5ccccc5-c5cccc6ccccc56)CC4)ccc23)cc1[N+](=O)[O-]. The molecule has 0 spiro atoms. The fourth-order valence-electron chi connectivity index (χ4n) is 15.8. The van der Waals surface area contributed by atoms with Crippen molar-refractivity contribution in [2.75, 3.05) is 135 Å². The summed E-state index contributed by atoms with van der Waals surface area (Å²) in [7, 11) is -0.507. The molecule has 0 bridgehead atoms. The molecule has 3 heterocycles. The van der Waals surface area contributed by atoms with Gasteiger partial charge in [0.05, 0.1) is 30.8 Å². The molecule has 2 atom stereocenters. The Kier molecular flexibility index (Phi) is 27.4. The maximum atomic E-state index is 13.8. The summed E-state index contributed by atoms with van der Waals surface area (Å²) < 4.78 is 60.6. The van der Waals surface area contributed by atoms with Crippen molar-refractivity contribution in [1.82, 2.24) is 29.6 Å². The Hall–Kier alpha value is -12.0. The predicted molar refractivity (Wildman–Crippen MR) is 501 cm³/mol. The molecule has 2 fully saturated rings. The van der Waals surface area contributed by atoms with E-state index in [-0.39, 0.29) is 50.4 Å². The summed E-state index contributed by atoms with van der Waals surface area (Å²) in [5.74, 6) is 1.44. The number of fused-ring (bicyclic) bond motifs is 4. The number of nitro groups is 2. The molecule has 0 amide bonds. The first-order valence-corrected chi connectivity index (χ1v) is 45.8. The molecule has 2 aliphatic heterocycles. The van der Waals surface area contributed by atoms with Crippen LogP contribution in [0.15, 0.2) is 311 Å². The molecule has 122 heavy (non-hydrogen) atoms. The Morgan fingerprint density at radius 2 is 0.885 bits per heavy atom. The van der Waals surface area contributed by atoms with Crippen molar-refractivity contribution in [3.05, 3.63) is 323 Å². The summed E-state index contributed by atoms with van der Waals surface area (Å²) in [4.78, 5) is 48.0. The maximum Gasteiger partial charge on any atom is 0.293 e. The fraction of sp³-hybridized carbons (Fsp3) is 0.229. The van der Waals surface area contributed by atoms with E-state index in [1.807, 2.05) is 131 Å². The molecule has 1 aromatic heterocycles. The molecule has 22 nitrogen and oxygen atoms in total. The van der Waals surface area contributed by atoms with Gasteiger partial charge in [-0.15, -0.1) is 23.5 Å². The maximum absolute atomic E-state index is 13.8. The minimum atomic E-state index is -4.27. The molecule has 2 saturated heterocycles. The summed E-state index contributed by atoms with van der Waals surface area (Å²) in [6, 6.07) is 92.6. The largest absolute Gasteiger partial charge is 0.376 e. The van der Waals surface area contributed by atoms with E-state index in [1.54, 1.807) is 29.6 Å². The molecular formula is C96H98N14O8S4. The Bertz CT molecular complexity index is 6270. The van der Waals surface area contributed by atoms with Crippen LogP contribution in [-0.2, 0) is 33.1 Å². The average Bonchev–Trinajstić information content (AvgIpc) is 0.790. The van der Waals surface area contributed by atoms with Gasteiger partial charge in [0.15, 0.2) is 5.82 Å². The highest BCUT2D eigenvalue weighted by atomic mass is 32.2. The molecule has 13 aromatic carbocycles. The van der Waals surface area contributed by atoms with E-state index in [0.717, 1.165) is 135 Å². The van der Waals surface area contributed by atoms with Crippen LogP contribution in [0.1, 0.15) is 24.0 Å². The van der Waals surface area contributed by atoms with Crippen LogP contribution in [0.5, 0.6) is 0 Å². The smallest absolute Gasteiger partial charge is 0.293 e. The quantitative estimate of drug-likeness (QED) is 0.0174. The average molecular weight is 1700 g/mol. The lowest BCUT2D eigenvalue weighted by atomic mass is 9.94. The third kappa shape index (κ3) is 21.3. The minimum Gasteiger partial charge on any atom is -0.376 e. The van der Waals surface area contributed by atoms with Gasteiger partial charge in [0.25, 0.3) is 31.4 Å². The summed E-state index contributed by atoms with van der Waals surface area (Å²) >= 11 is 3.33. The van der Waals surface area contributed by atoms with E-state index in [0.29, 0.717) is 28.1 Å². The summed E-state index contributed by atoms with van der Waals surface area (Å²) in [6.07, 6.45) is 2.80. The van der Waals surface area contributed by atoms with Crippen molar-refractivity contribution in [3.63, 3.8) is 0 Å². The van der Waals surface area contributed by atoms with Crippen LogP contribution in [0.3, 0.4) is 0 Å². The Balaban J connectivity index is 0.000000190. The van der Waals surface area contributed by atoms with Gasteiger partial charge in [-0.1, -0.05) is 182 Å². The van der Waals surface area contributed by atoms with E-state index in [2.05, 4.69) is 199 Å². The molecule has 624 valence electrons. The van der Waals surface area contributed by atoms with Crippen LogP contribution in [0.25, 0.3) is 65.5 Å². The van der Waals surface area contributed by atoms with Crippen molar-refractivity contribution >= 4 is 132 Å². The number of rotatable bonds is 32. The zero-order valence-corrected chi connectivity index (χ0v) is 71.8. The van der Waals surface area contributed by atoms with Crippen molar-refractivity contribution in [2.45, 2.75) is 57.6 Å². The van der Waals surface area contributed by atoms with Crippen LogP contribution in [0, 0.1) is 20.2 Å². The normalized spacial score (nSPS) is 14.0. The van der Waals surface area contributed by atoms with Gasteiger partial charge in [-0.25, -0.2) is 26.8 Å². The third-order valence-corrected chi connectivity index (χ3v) is 27.4. The number of aromatic nitrogens is 2. The number of piperazine rings is 2. The highest BCUT2D eigenvalue weighted by molar-refractivity contribution is 7.99. The first-order valence-electron chi connectivity index (χ1n) is 40.9. The van der Waals surface area contributed by atoms with Gasteiger partial charge in [-0.2, -0.15) is 0 Å². The van der Waals surface area contributed by atoms with Gasteiger partial charge in [-0.3, -0.25) is 39.5 Å². The standard InChI is InChI=1S/C49H50N6O4S2.C47H48N8O4S2/c1-52(2)26-25-41(35-60-43-15-4-3-5-16-43)50-48-24-22-44(33-49(48)55(56)57)61(58,59)51-47-18-10-14-38-32-42(21-23-46(38)47)54-29-27-53(28-30-54)34-40-13-8-9-17-45(40)39-20-19-36-11-6-7-12-37(36)31-39;1-52(2)24-23-36(32-60-38-14-4-3-5-15-38)50-44-22-20-39(30-46(44)55(56)57)61(58,59)51-47-43-21-19-37(29-45(43)48-33-49-47)54-27-25-53(26-28-54)31-35-12-7-9-17-41(35)42-18-10-13-34-11-6-8-16-40(34)42/h3-24,31-33,41,50-51H,25-30,34-35H2,1-2H3;3-22,29-30,33,36,50H,23-28,31-32H2,1-2H3,(H,48,49,51). The predicted octanol–water partition coefficient (Wildman–Crippen LogP) is 19.2. The van der Waals surface area contributed by atoms with Crippen molar-refractivity contribution in [2.24, 2.45) is 0 Å². The number of nitro benzene ring substituents is 2. The number of sulfonamides is 2. The van der Waals surface area contributed by atoms with Crippen LogP contribution < -0.4 is 29.9 Å². The summed E-state index contributed by atoms with van der Waals surface area (Å²) in [6.45, 7) is 10.2. The van der Waals surface area contributed by atoms with Crippen molar-refractivity contribution in [1.29, 1.82) is 0 Å². The molecule has 0 radical (unpaired) electrons. The molecule has 4 N–H and O–H groups in total. The molecule has 0 saturated carbocycles. The van der Waals surface area contributed by atoms with E-state index in [1.165, 1.54) is 85.5 Å². The fourth-order valence-corrected chi connectivity index (χ4v) is 19.9. The topological polar surface area (TPSA) is 248 Å². The summed E-state index contributed by atoms with van der Waals surface area (Å²) in [5, 5.41) is 38.5. The number of hydrogen-bond donors (Lipinski definition) is 4. The number of hydrogen-bond acceptors (Lipinski definition) is 20. The first-order chi connectivity index (χ1) is 59.2. The Morgan fingerprint density at radius 1 is 0.410 bits per heavy atom. The van der Waals surface area contributed by atoms with Crippen LogP contribution >= 0.6 is 23.5 Å². The van der Waals surface area contributed by atoms with E-state index in [9.17, 15) is 37.1 Å².